The lowest BCUT2D eigenvalue weighted by Gasteiger charge is -2.24. The molecule has 0 saturated carbocycles. The van der Waals surface area contributed by atoms with Gasteiger partial charge in [-0.1, -0.05) is 13.3 Å². The largest absolute Gasteiger partial charge is 0.514 e. The van der Waals surface area contributed by atoms with E-state index in [-0.39, 0.29) is 0 Å². The first kappa shape index (κ1) is 23.4. The molecule has 0 spiro atoms. The third-order valence-corrected chi connectivity index (χ3v) is 7.32. The average Bonchev–Trinajstić information content (AvgIpc) is 2.54. The molecule has 0 bridgehead atoms. The topological polar surface area (TPSA) is 84.2 Å². The maximum Gasteiger partial charge on any atom is 0.514 e. The molecule has 0 fully saturated rings. The second-order valence-electron chi connectivity index (χ2n) is 4.30. The van der Waals surface area contributed by atoms with Crippen molar-refractivity contribution in [3.63, 3.8) is 0 Å². The van der Waals surface area contributed by atoms with E-state index >= 15 is 0 Å². The smallest absolute Gasteiger partial charge is 0.400 e. The number of rotatable bonds is 12. The van der Waals surface area contributed by atoms with Gasteiger partial charge in [0, 0.05) is 41.6 Å². The minimum absolute atomic E-state index is 0.665. The zero-order chi connectivity index (χ0) is 16.6. The van der Waals surface area contributed by atoms with Crippen molar-refractivity contribution in [2.75, 3.05) is 54.8 Å². The lowest BCUT2D eigenvalue weighted by molar-refractivity contribution is 0.122. The van der Waals surface area contributed by atoms with Crippen molar-refractivity contribution < 1.29 is 22.1 Å². The van der Waals surface area contributed by atoms with E-state index < -0.39 is 18.1 Å². The van der Waals surface area contributed by atoms with Crippen LogP contribution in [0.1, 0.15) is 19.8 Å². The Kier molecular flexibility index (Phi) is 18.4. The average molecular weight is 343 g/mol. The molecular formula is C12H34N2O5Si2. The Morgan fingerprint density at radius 1 is 1.00 bits per heavy atom. The molecule has 0 radical (unpaired) electrons. The predicted octanol–water partition coefficient (Wildman–Crippen LogP) is 0.252. The summed E-state index contributed by atoms with van der Waals surface area (Å²) in [5, 5.41) is 3.27. The van der Waals surface area contributed by atoms with Gasteiger partial charge < -0.3 is 33.2 Å². The molecule has 3 N–H and O–H groups in total. The minimum Gasteiger partial charge on any atom is -0.400 e. The van der Waals surface area contributed by atoms with Crippen LogP contribution in [0.3, 0.4) is 0 Å². The van der Waals surface area contributed by atoms with E-state index in [4.69, 9.17) is 27.9 Å². The molecule has 0 saturated heterocycles. The Balaban J connectivity index is 0. The molecule has 0 rings (SSSR count). The molecule has 0 aliphatic rings. The summed E-state index contributed by atoms with van der Waals surface area (Å²) in [7, 11) is 4.51. The van der Waals surface area contributed by atoms with Gasteiger partial charge in [-0.3, -0.25) is 0 Å². The highest BCUT2D eigenvalue weighted by Crippen LogP contribution is 2.03. The summed E-state index contributed by atoms with van der Waals surface area (Å²) in [6.45, 7) is 3.81. The fourth-order valence-corrected chi connectivity index (χ4v) is 3.83. The number of hydrogen-bond donors (Lipinski definition) is 2. The molecule has 0 unspecified atom stereocenters. The van der Waals surface area contributed by atoms with Crippen LogP contribution >= 0.6 is 0 Å². The molecule has 0 aromatic carbocycles. The highest BCUT2D eigenvalue weighted by atomic mass is 28.4. The number of unbranched alkanes of at least 4 members (excludes halogenated alkanes) is 1. The second kappa shape index (κ2) is 16.5. The highest BCUT2D eigenvalue weighted by Gasteiger charge is 2.37. The molecule has 0 amide bonds. The van der Waals surface area contributed by atoms with E-state index in [0.717, 1.165) is 12.6 Å². The maximum absolute atomic E-state index is 5.26. The summed E-state index contributed by atoms with van der Waals surface area (Å²) in [6, 6.07) is 0.896. The SMILES string of the molecule is CCCCNC[Si](OC)(OC)OC.CO[SiH](CCN)OC. The van der Waals surface area contributed by atoms with Gasteiger partial charge in [0.15, 0.2) is 0 Å². The van der Waals surface area contributed by atoms with Gasteiger partial charge in [0.2, 0.25) is 0 Å². The molecule has 0 aliphatic heterocycles. The van der Waals surface area contributed by atoms with Crippen molar-refractivity contribution in [2.45, 2.75) is 25.8 Å². The predicted molar refractivity (Wildman–Crippen MR) is 89.6 cm³/mol. The van der Waals surface area contributed by atoms with Crippen molar-refractivity contribution in [1.82, 2.24) is 5.32 Å². The van der Waals surface area contributed by atoms with Crippen LogP contribution in [0.2, 0.25) is 6.04 Å². The van der Waals surface area contributed by atoms with Crippen molar-refractivity contribution in [2.24, 2.45) is 5.73 Å². The molecule has 0 heterocycles. The second-order valence-corrected chi connectivity index (χ2v) is 9.63. The quantitative estimate of drug-likeness (QED) is 0.388. The van der Waals surface area contributed by atoms with Crippen LogP contribution in [0.5, 0.6) is 0 Å². The van der Waals surface area contributed by atoms with Crippen LogP contribution in [0.4, 0.5) is 0 Å². The van der Waals surface area contributed by atoms with Crippen LogP contribution in [0.25, 0.3) is 0 Å². The van der Waals surface area contributed by atoms with Gasteiger partial charge in [-0.25, -0.2) is 0 Å². The van der Waals surface area contributed by atoms with Crippen molar-refractivity contribution in [3.05, 3.63) is 0 Å². The zero-order valence-electron chi connectivity index (χ0n) is 14.4. The molecule has 9 heteroatoms. The molecule has 0 aromatic rings. The first-order valence-corrected chi connectivity index (χ1v) is 10.9. The molecular weight excluding hydrogens is 308 g/mol. The molecule has 0 aliphatic carbocycles. The molecule has 21 heavy (non-hydrogen) atoms. The van der Waals surface area contributed by atoms with Gasteiger partial charge in [-0.05, 0) is 19.5 Å². The summed E-state index contributed by atoms with van der Waals surface area (Å²) in [6.07, 6.45) is 3.03. The molecule has 0 atom stereocenters. The van der Waals surface area contributed by atoms with Crippen LogP contribution in [0, 0.1) is 0 Å². The molecule has 7 nitrogen and oxygen atoms in total. The van der Waals surface area contributed by atoms with E-state index in [1.807, 2.05) is 0 Å². The molecule has 0 aromatic heterocycles. The summed E-state index contributed by atoms with van der Waals surface area (Å²) >= 11 is 0. The van der Waals surface area contributed by atoms with Crippen molar-refractivity contribution >= 4 is 18.1 Å². The van der Waals surface area contributed by atoms with Gasteiger partial charge in [-0.2, -0.15) is 0 Å². The van der Waals surface area contributed by atoms with E-state index in [2.05, 4.69) is 12.2 Å². The Morgan fingerprint density at radius 3 is 1.81 bits per heavy atom. The fourth-order valence-electron chi connectivity index (χ4n) is 1.48. The van der Waals surface area contributed by atoms with Crippen LogP contribution in [-0.2, 0) is 22.1 Å². The lowest BCUT2D eigenvalue weighted by atomic mass is 10.3. The van der Waals surface area contributed by atoms with E-state index in [1.54, 1.807) is 35.5 Å². The third-order valence-electron chi connectivity index (χ3n) is 2.91. The van der Waals surface area contributed by atoms with Gasteiger partial charge in [0.25, 0.3) is 0 Å². The van der Waals surface area contributed by atoms with Crippen molar-refractivity contribution in [3.8, 4) is 0 Å². The number of nitrogens with two attached hydrogens (primary N) is 1. The summed E-state index contributed by atoms with van der Waals surface area (Å²) < 4.78 is 25.7. The molecule has 130 valence electrons. The van der Waals surface area contributed by atoms with Crippen molar-refractivity contribution in [1.29, 1.82) is 0 Å². The normalized spacial score (nSPS) is 11.4. The Morgan fingerprint density at radius 2 is 1.52 bits per heavy atom. The van der Waals surface area contributed by atoms with Crippen LogP contribution in [-0.4, -0.2) is 72.9 Å². The summed E-state index contributed by atoms with van der Waals surface area (Å²) in [4.78, 5) is 0. The Labute approximate surface area is 132 Å². The first-order valence-electron chi connectivity index (χ1n) is 7.21. The third kappa shape index (κ3) is 12.4. The van der Waals surface area contributed by atoms with Gasteiger partial charge in [0.1, 0.15) is 0 Å². The minimum atomic E-state index is -2.38. The van der Waals surface area contributed by atoms with E-state index in [0.29, 0.717) is 12.7 Å². The monoisotopic (exact) mass is 342 g/mol. The lowest BCUT2D eigenvalue weighted by Crippen LogP contribution is -2.52. The van der Waals surface area contributed by atoms with E-state index in [1.165, 1.54) is 12.8 Å². The number of hydrogen-bond acceptors (Lipinski definition) is 7. The van der Waals surface area contributed by atoms with Gasteiger partial charge in [-0.15, -0.1) is 0 Å². The Hall–Kier alpha value is 0.154. The Bertz CT molecular complexity index is 200. The standard InChI is InChI=1S/C8H21NO3Si.C4H13NO2Si/c1-5-6-7-9-8-13(10-2,11-3)12-4;1-6-8(7-2)4-3-5/h9H,5-8H2,1-4H3;8H,3-5H2,1-2H3. The first-order chi connectivity index (χ1) is 10.1. The number of nitrogens with one attached hydrogen (secondary N) is 1. The van der Waals surface area contributed by atoms with Crippen LogP contribution < -0.4 is 11.1 Å². The summed E-state index contributed by atoms with van der Waals surface area (Å²) in [5.74, 6) is 0. The fraction of sp³-hybridized carbons (Fsp3) is 1.00. The van der Waals surface area contributed by atoms with Gasteiger partial charge >= 0.3 is 18.1 Å². The van der Waals surface area contributed by atoms with E-state index in [9.17, 15) is 0 Å². The highest BCUT2D eigenvalue weighted by molar-refractivity contribution is 6.60. The van der Waals surface area contributed by atoms with Gasteiger partial charge in [0.05, 0.1) is 6.17 Å². The zero-order valence-corrected chi connectivity index (χ0v) is 16.6. The van der Waals surface area contributed by atoms with Crippen LogP contribution in [0.15, 0.2) is 0 Å². The maximum atomic E-state index is 5.26. The summed E-state index contributed by atoms with van der Waals surface area (Å²) in [5.41, 5.74) is 5.26.